The summed E-state index contributed by atoms with van der Waals surface area (Å²) < 4.78 is 0. The largest absolute Gasteiger partial charge is 0.353 e. The Balaban J connectivity index is 0. The summed E-state index contributed by atoms with van der Waals surface area (Å²) in [5.41, 5.74) is 0. The first-order valence-corrected chi connectivity index (χ1v) is 5.01. The van der Waals surface area contributed by atoms with Crippen molar-refractivity contribution in [2.45, 2.75) is 0 Å². The lowest BCUT2D eigenvalue weighted by molar-refractivity contribution is 2.20. The van der Waals surface area contributed by atoms with Crippen molar-refractivity contribution in [3.8, 4) is 0 Å². The Morgan fingerprint density at radius 2 is 1.20 bits per heavy atom. The average molecular weight is 149 g/mol. The van der Waals surface area contributed by atoms with E-state index in [-0.39, 0.29) is 5.34 Å². The quantitative estimate of drug-likeness (QED) is 0.359. The molecule has 5 heavy (non-hydrogen) atoms. The summed E-state index contributed by atoms with van der Waals surface area (Å²) in [5.74, 6) is 0. The predicted octanol–water partition coefficient (Wildman–Crippen LogP) is 1.19. The lowest BCUT2D eigenvalue weighted by atomic mass is 11.9. The van der Waals surface area contributed by atoms with Crippen molar-refractivity contribution in [3.05, 3.63) is 0 Å². The maximum atomic E-state index is 4.78. The molecule has 0 aliphatic heterocycles. The van der Waals surface area contributed by atoms with E-state index in [4.69, 9.17) is 33.3 Å². The zero-order valence-corrected chi connectivity index (χ0v) is 7.11. The van der Waals surface area contributed by atoms with E-state index in [9.17, 15) is 0 Å². The molecule has 0 atom stereocenters. The van der Waals surface area contributed by atoms with E-state index in [0.717, 1.165) is 15.4 Å². The van der Waals surface area contributed by atoms with Gasteiger partial charge in [-0.1, -0.05) is 0 Å². The molecule has 4 heteroatoms. The Bertz CT molecular complexity index is 6.85. The first-order valence-electron chi connectivity index (χ1n) is 0.912. The van der Waals surface area contributed by atoms with E-state index in [1.807, 2.05) is 0 Å². The van der Waals surface area contributed by atoms with Crippen LogP contribution in [0.2, 0.25) is 0 Å². The maximum absolute atomic E-state index is 4.78. The standard InChI is InChI=1S/CH2Cl2.Al.ClH.2H/c2-1-3;;;;/h1H2;;1H;;/q;+1;;;/p-1. The second kappa shape index (κ2) is 18.1. The van der Waals surface area contributed by atoms with Crippen LogP contribution in [0, 0.1) is 0 Å². The first-order chi connectivity index (χ1) is 2.41. The molecule has 0 aliphatic rings. The van der Waals surface area contributed by atoms with Gasteiger partial charge in [-0.2, -0.15) is 0 Å². The topological polar surface area (TPSA) is 0 Å². The molecule has 0 spiro atoms. The number of rotatable bonds is 0. The highest BCUT2D eigenvalue weighted by Gasteiger charge is 1.41. The van der Waals surface area contributed by atoms with Crippen LogP contribution in [-0.4, -0.2) is 20.7 Å². The molecule has 0 aromatic rings. The Morgan fingerprint density at radius 1 is 1.20 bits per heavy atom. The van der Waals surface area contributed by atoms with Crippen LogP contribution < -0.4 is 0 Å². The lowest BCUT2D eigenvalue weighted by Gasteiger charge is -1.42. The fraction of sp³-hybridized carbons (Fsp3) is 1.00. The molecule has 0 amide bonds. The van der Waals surface area contributed by atoms with Crippen molar-refractivity contribution < 1.29 is 0 Å². The zero-order chi connectivity index (χ0) is 4.71. The minimum Gasteiger partial charge on any atom is -0.273 e. The van der Waals surface area contributed by atoms with Crippen LogP contribution in [0.25, 0.3) is 0 Å². The van der Waals surface area contributed by atoms with E-state index in [2.05, 4.69) is 0 Å². The van der Waals surface area contributed by atoms with Gasteiger partial charge in [0.2, 0.25) is 0 Å². The summed E-state index contributed by atoms with van der Waals surface area (Å²) in [5, 5.41) is 0.194. The maximum Gasteiger partial charge on any atom is 0.353 e. The Morgan fingerprint density at radius 3 is 1.20 bits per heavy atom. The predicted molar refractivity (Wildman–Crippen MR) is 31.0 cm³/mol. The Kier molecular flexibility index (Phi) is 35.0. The summed E-state index contributed by atoms with van der Waals surface area (Å²) in [6, 6.07) is 0. The molecule has 0 unspecified atom stereocenters. The molecule has 0 nitrogen and oxygen atoms in total. The normalized spacial score (nSPS) is 4.60. The van der Waals surface area contributed by atoms with Gasteiger partial charge in [0.25, 0.3) is 0 Å². The fourth-order valence-electron chi connectivity index (χ4n) is 0. The average Bonchev–Trinajstić information content (AvgIpc) is 1.46. The van der Waals surface area contributed by atoms with Gasteiger partial charge in [-0.05, 0) is 0 Å². The molecule has 0 aromatic heterocycles. The number of hydrogen-bond donors (Lipinski definition) is 0. The number of hydrogen-bond acceptors (Lipinski definition) is 0. The Hall–Kier alpha value is 1.40. The molecule has 0 radical (unpaired) electrons. The van der Waals surface area contributed by atoms with Crippen LogP contribution in [-0.2, 0) is 0 Å². The smallest absolute Gasteiger partial charge is 0.273 e. The minimum atomic E-state index is 0.194. The molecular formula is CH4AlCl3. The van der Waals surface area contributed by atoms with Crippen LogP contribution in [0.3, 0.4) is 0 Å². The van der Waals surface area contributed by atoms with Gasteiger partial charge < -0.3 is 0 Å². The van der Waals surface area contributed by atoms with Gasteiger partial charge in [0.1, 0.15) is 0 Å². The van der Waals surface area contributed by atoms with Gasteiger partial charge in [-0.3, -0.25) is 10.0 Å². The summed E-state index contributed by atoms with van der Waals surface area (Å²) in [4.78, 5) is 0. The second-order valence-electron chi connectivity index (χ2n) is 0.101. The van der Waals surface area contributed by atoms with Crippen molar-refractivity contribution in [1.82, 2.24) is 0 Å². The van der Waals surface area contributed by atoms with E-state index in [1.165, 1.54) is 0 Å². The first kappa shape index (κ1) is 9.64. The van der Waals surface area contributed by atoms with Crippen molar-refractivity contribution >= 4 is 48.6 Å². The van der Waals surface area contributed by atoms with Crippen molar-refractivity contribution in [2.24, 2.45) is 0 Å². The third-order valence-electron chi connectivity index (χ3n) is 0. The summed E-state index contributed by atoms with van der Waals surface area (Å²) in [6.07, 6.45) is 0. The molecule has 0 heterocycles. The summed E-state index contributed by atoms with van der Waals surface area (Å²) >= 11 is 10.3. The SMILES string of the molecule is ClCCl.[AlH2][Cl]. The van der Waals surface area contributed by atoms with E-state index < -0.39 is 0 Å². The minimum absolute atomic E-state index is 0.194. The highest BCUT2D eigenvalue weighted by molar-refractivity contribution is 6.80. The molecule has 0 N–H and O–H groups in total. The third kappa shape index (κ3) is 31.8. The molecule has 32 valence electrons. The third-order valence-corrected chi connectivity index (χ3v) is 0. The second-order valence-corrected chi connectivity index (χ2v) is 0.909. The van der Waals surface area contributed by atoms with Crippen LogP contribution in [0.5, 0.6) is 0 Å². The van der Waals surface area contributed by atoms with E-state index in [1.54, 1.807) is 0 Å². The molecule has 0 saturated heterocycles. The highest BCUT2D eigenvalue weighted by Crippen LogP contribution is 1.73. The molecule has 0 fully saturated rings. The van der Waals surface area contributed by atoms with Gasteiger partial charge in [-0.25, -0.2) is 0 Å². The Labute approximate surface area is 54.0 Å². The van der Waals surface area contributed by atoms with Crippen molar-refractivity contribution in [2.75, 3.05) is 5.34 Å². The van der Waals surface area contributed by atoms with Crippen molar-refractivity contribution in [1.29, 1.82) is 0 Å². The molecule has 0 aliphatic carbocycles. The van der Waals surface area contributed by atoms with Crippen LogP contribution in [0.4, 0.5) is 0 Å². The zero-order valence-electron chi connectivity index (χ0n) is 2.84. The van der Waals surface area contributed by atoms with Gasteiger partial charge >= 0.3 is 15.4 Å². The van der Waals surface area contributed by atoms with Gasteiger partial charge in [0.15, 0.2) is 0 Å². The van der Waals surface area contributed by atoms with E-state index >= 15 is 0 Å². The van der Waals surface area contributed by atoms with E-state index in [0.29, 0.717) is 0 Å². The summed E-state index contributed by atoms with van der Waals surface area (Å²) in [7, 11) is 4.78. The number of alkyl halides is 2. The van der Waals surface area contributed by atoms with Gasteiger partial charge in [-0.15, -0.1) is 23.2 Å². The molecule has 0 bridgehead atoms. The highest BCUT2D eigenvalue weighted by atomic mass is 35.6. The monoisotopic (exact) mass is 148 g/mol. The van der Waals surface area contributed by atoms with Gasteiger partial charge in [0.05, 0.1) is 5.34 Å². The molecule has 0 rings (SSSR count). The lowest BCUT2D eigenvalue weighted by Crippen LogP contribution is -1.24. The molecular weight excluding hydrogens is 145 g/mol. The summed E-state index contributed by atoms with van der Waals surface area (Å²) in [6.45, 7) is 0. The van der Waals surface area contributed by atoms with Crippen LogP contribution in [0.15, 0.2) is 0 Å². The van der Waals surface area contributed by atoms with Crippen LogP contribution in [0.1, 0.15) is 0 Å². The van der Waals surface area contributed by atoms with Crippen molar-refractivity contribution in [3.63, 3.8) is 0 Å². The molecule has 0 aromatic carbocycles. The number of halogens is 3. The van der Waals surface area contributed by atoms with Crippen LogP contribution >= 0.6 is 33.3 Å². The van der Waals surface area contributed by atoms with Gasteiger partial charge in [0, 0.05) is 0 Å². The molecule has 0 saturated carbocycles. The fourth-order valence-corrected chi connectivity index (χ4v) is 0.